The van der Waals surface area contributed by atoms with Gasteiger partial charge in [0.2, 0.25) is 0 Å². The predicted molar refractivity (Wildman–Crippen MR) is 47.2 cm³/mol. The molecule has 0 amide bonds. The Morgan fingerprint density at radius 3 is 2.14 bits per heavy atom. The number of rotatable bonds is 3. The van der Waals surface area contributed by atoms with Gasteiger partial charge in [-0.15, -0.1) is 0 Å². The maximum atomic E-state index is 12.9. The molecule has 1 N–H and O–H groups in total. The van der Waals surface area contributed by atoms with Crippen molar-refractivity contribution in [2.45, 2.75) is 25.2 Å². The SMILES string of the molecule is OCC1(CN2CC3(C2)CC3(F)F)CC1. The highest BCUT2D eigenvalue weighted by Gasteiger charge is 2.75. The topological polar surface area (TPSA) is 23.5 Å². The van der Waals surface area contributed by atoms with Gasteiger partial charge in [0.25, 0.3) is 5.92 Å². The Labute approximate surface area is 81.9 Å². The molecule has 0 radical (unpaired) electrons. The predicted octanol–water partition coefficient (Wildman–Crippen LogP) is 1.10. The quantitative estimate of drug-likeness (QED) is 0.742. The lowest BCUT2D eigenvalue weighted by Gasteiger charge is -2.41. The number of nitrogens with zero attached hydrogens (tertiary/aromatic N) is 1. The highest BCUT2D eigenvalue weighted by atomic mass is 19.3. The number of hydrogen-bond acceptors (Lipinski definition) is 2. The van der Waals surface area contributed by atoms with E-state index in [0.717, 1.165) is 19.4 Å². The molecule has 2 aliphatic carbocycles. The summed E-state index contributed by atoms with van der Waals surface area (Å²) in [5, 5.41) is 9.10. The molecule has 80 valence electrons. The summed E-state index contributed by atoms with van der Waals surface area (Å²) in [5.74, 6) is -2.39. The van der Waals surface area contributed by atoms with Crippen molar-refractivity contribution in [2.24, 2.45) is 10.8 Å². The van der Waals surface area contributed by atoms with E-state index in [9.17, 15) is 8.78 Å². The summed E-state index contributed by atoms with van der Waals surface area (Å²) in [4.78, 5) is 2.07. The van der Waals surface area contributed by atoms with Gasteiger partial charge in [-0.25, -0.2) is 8.78 Å². The van der Waals surface area contributed by atoms with E-state index in [1.807, 2.05) is 0 Å². The molecule has 2 saturated carbocycles. The van der Waals surface area contributed by atoms with Crippen molar-refractivity contribution in [1.82, 2.24) is 4.90 Å². The summed E-state index contributed by atoms with van der Waals surface area (Å²) < 4.78 is 25.7. The third kappa shape index (κ3) is 1.07. The molecule has 0 aromatic rings. The number of aliphatic hydroxyl groups excluding tert-OH is 1. The van der Waals surface area contributed by atoms with Crippen molar-refractivity contribution in [3.8, 4) is 0 Å². The van der Waals surface area contributed by atoms with Crippen LogP contribution in [0.1, 0.15) is 19.3 Å². The number of halogens is 2. The molecule has 2 nitrogen and oxygen atoms in total. The summed E-state index contributed by atoms with van der Waals surface area (Å²) >= 11 is 0. The van der Waals surface area contributed by atoms with Gasteiger partial charge in [-0.1, -0.05) is 0 Å². The Bertz CT molecular complexity index is 269. The first kappa shape index (κ1) is 9.04. The third-order valence-electron chi connectivity index (χ3n) is 4.12. The van der Waals surface area contributed by atoms with Gasteiger partial charge in [0.1, 0.15) is 0 Å². The van der Waals surface area contributed by atoms with Crippen molar-refractivity contribution in [3.63, 3.8) is 0 Å². The number of alkyl halides is 2. The van der Waals surface area contributed by atoms with Gasteiger partial charge in [-0.2, -0.15) is 0 Å². The Kier molecular flexibility index (Phi) is 1.48. The largest absolute Gasteiger partial charge is 0.396 e. The molecule has 0 bridgehead atoms. The lowest BCUT2D eigenvalue weighted by molar-refractivity contribution is -0.0359. The third-order valence-corrected chi connectivity index (χ3v) is 4.12. The highest BCUT2D eigenvalue weighted by molar-refractivity contribution is 5.19. The van der Waals surface area contributed by atoms with Gasteiger partial charge in [-0.3, -0.25) is 0 Å². The van der Waals surface area contributed by atoms with Crippen LogP contribution in [0.4, 0.5) is 8.78 Å². The van der Waals surface area contributed by atoms with Crippen LogP contribution in [0.2, 0.25) is 0 Å². The van der Waals surface area contributed by atoms with Crippen LogP contribution in [-0.4, -0.2) is 42.2 Å². The van der Waals surface area contributed by atoms with E-state index >= 15 is 0 Å². The van der Waals surface area contributed by atoms with Crippen LogP contribution in [0.3, 0.4) is 0 Å². The first-order valence-electron chi connectivity index (χ1n) is 5.22. The van der Waals surface area contributed by atoms with Crippen LogP contribution < -0.4 is 0 Å². The maximum absolute atomic E-state index is 12.9. The molecule has 3 rings (SSSR count). The molecule has 3 aliphatic rings. The Hall–Kier alpha value is -0.220. The Morgan fingerprint density at radius 1 is 1.21 bits per heavy atom. The second kappa shape index (κ2) is 2.30. The highest BCUT2D eigenvalue weighted by Crippen LogP contribution is 2.65. The van der Waals surface area contributed by atoms with E-state index in [1.54, 1.807) is 0 Å². The molecular weight excluding hydrogens is 188 g/mol. The normalized spacial score (nSPS) is 35.4. The number of likely N-dealkylation sites (tertiary alicyclic amines) is 1. The Balaban J connectivity index is 1.52. The molecule has 1 spiro atoms. The van der Waals surface area contributed by atoms with Crippen molar-refractivity contribution in [2.75, 3.05) is 26.2 Å². The van der Waals surface area contributed by atoms with E-state index in [4.69, 9.17) is 5.11 Å². The first-order chi connectivity index (χ1) is 6.51. The average molecular weight is 203 g/mol. The molecule has 0 aromatic heterocycles. The molecular formula is C10H15F2NO. The van der Waals surface area contributed by atoms with E-state index in [1.165, 1.54) is 0 Å². The summed E-state index contributed by atoms with van der Waals surface area (Å²) in [6.07, 6.45) is 2.20. The van der Waals surface area contributed by atoms with E-state index in [-0.39, 0.29) is 18.4 Å². The average Bonchev–Trinajstić information content (AvgIpc) is 2.90. The van der Waals surface area contributed by atoms with Crippen molar-refractivity contribution in [3.05, 3.63) is 0 Å². The summed E-state index contributed by atoms with van der Waals surface area (Å²) in [6.45, 7) is 2.12. The molecule has 1 aliphatic heterocycles. The van der Waals surface area contributed by atoms with Gasteiger partial charge < -0.3 is 10.0 Å². The molecule has 4 heteroatoms. The summed E-state index contributed by atoms with van der Waals surface area (Å²) in [5.41, 5.74) is -0.579. The fourth-order valence-electron chi connectivity index (χ4n) is 2.66. The summed E-state index contributed by atoms with van der Waals surface area (Å²) in [6, 6.07) is 0. The van der Waals surface area contributed by atoms with Crippen LogP contribution >= 0.6 is 0 Å². The molecule has 14 heavy (non-hydrogen) atoms. The fourth-order valence-corrected chi connectivity index (χ4v) is 2.66. The molecule has 0 aromatic carbocycles. The summed E-state index contributed by atoms with van der Waals surface area (Å²) in [7, 11) is 0. The minimum Gasteiger partial charge on any atom is -0.396 e. The minimum atomic E-state index is -2.39. The van der Waals surface area contributed by atoms with E-state index in [2.05, 4.69) is 4.90 Å². The fraction of sp³-hybridized carbons (Fsp3) is 1.00. The monoisotopic (exact) mass is 203 g/mol. The molecule has 0 unspecified atom stereocenters. The zero-order chi connectivity index (χ0) is 10.0. The van der Waals surface area contributed by atoms with Gasteiger partial charge >= 0.3 is 0 Å². The van der Waals surface area contributed by atoms with Crippen LogP contribution in [0.5, 0.6) is 0 Å². The van der Waals surface area contributed by atoms with Crippen LogP contribution in [0.25, 0.3) is 0 Å². The smallest absolute Gasteiger partial charge is 0.257 e. The van der Waals surface area contributed by atoms with Crippen LogP contribution in [0.15, 0.2) is 0 Å². The lowest BCUT2D eigenvalue weighted by atomic mass is 9.93. The molecule has 1 saturated heterocycles. The standard InChI is InChI=1S/C10H15F2NO/c11-10(12)3-9(10)5-13(6-9)4-8(7-14)1-2-8/h14H,1-7H2. The first-order valence-corrected chi connectivity index (χ1v) is 5.22. The van der Waals surface area contributed by atoms with Crippen molar-refractivity contribution < 1.29 is 13.9 Å². The van der Waals surface area contributed by atoms with E-state index in [0.29, 0.717) is 13.1 Å². The number of hydrogen-bond donors (Lipinski definition) is 1. The maximum Gasteiger partial charge on any atom is 0.257 e. The zero-order valence-electron chi connectivity index (χ0n) is 8.10. The van der Waals surface area contributed by atoms with Gasteiger partial charge in [0.05, 0.1) is 5.41 Å². The zero-order valence-corrected chi connectivity index (χ0v) is 8.10. The second-order valence-electron chi connectivity index (χ2n) is 5.46. The number of aliphatic hydroxyl groups is 1. The van der Waals surface area contributed by atoms with E-state index < -0.39 is 11.3 Å². The van der Waals surface area contributed by atoms with Crippen molar-refractivity contribution >= 4 is 0 Å². The van der Waals surface area contributed by atoms with Gasteiger partial charge in [0, 0.05) is 38.1 Å². The van der Waals surface area contributed by atoms with Crippen LogP contribution in [-0.2, 0) is 0 Å². The van der Waals surface area contributed by atoms with Crippen molar-refractivity contribution in [1.29, 1.82) is 0 Å². The molecule has 0 atom stereocenters. The second-order valence-corrected chi connectivity index (χ2v) is 5.46. The molecule has 1 heterocycles. The lowest BCUT2D eigenvalue weighted by Crippen LogP contribution is -2.53. The van der Waals surface area contributed by atoms with Gasteiger partial charge in [-0.05, 0) is 12.8 Å². The molecule has 3 fully saturated rings. The van der Waals surface area contributed by atoms with Crippen LogP contribution in [0, 0.1) is 10.8 Å². The minimum absolute atomic E-state index is 0.0752. The Morgan fingerprint density at radius 2 is 1.79 bits per heavy atom. The van der Waals surface area contributed by atoms with Gasteiger partial charge in [0.15, 0.2) is 0 Å².